The number of fused-ring (bicyclic) bond motifs is 1. The van der Waals surface area contributed by atoms with Crippen molar-refractivity contribution in [2.75, 3.05) is 0 Å². The average Bonchev–Trinajstić information content (AvgIpc) is 2.53. The molecule has 23 heavy (non-hydrogen) atoms. The van der Waals surface area contributed by atoms with Crippen molar-refractivity contribution in [2.45, 2.75) is 71.6 Å². The molecule has 0 saturated carbocycles. The van der Waals surface area contributed by atoms with Crippen LogP contribution in [0, 0.1) is 0 Å². The van der Waals surface area contributed by atoms with Gasteiger partial charge in [0, 0.05) is 20.9 Å². The summed E-state index contributed by atoms with van der Waals surface area (Å²) in [4.78, 5) is 15.7. The lowest BCUT2D eigenvalue weighted by Gasteiger charge is -2.13. The van der Waals surface area contributed by atoms with Gasteiger partial charge in [-0.15, -0.1) is 0 Å². The molecule has 1 aromatic heterocycles. The molecule has 0 aliphatic rings. The van der Waals surface area contributed by atoms with Gasteiger partial charge in [0.15, 0.2) is 0 Å². The molecule has 0 radical (unpaired) electrons. The predicted molar refractivity (Wildman–Crippen MR) is 103 cm³/mol. The van der Waals surface area contributed by atoms with E-state index in [2.05, 4.69) is 46.9 Å². The Morgan fingerprint density at radius 2 is 1.57 bits per heavy atom. The van der Waals surface area contributed by atoms with Gasteiger partial charge in [0.1, 0.15) is 0 Å². The summed E-state index contributed by atoms with van der Waals surface area (Å²) >= 11 is 3.50. The van der Waals surface area contributed by atoms with Crippen molar-refractivity contribution >= 4 is 26.8 Å². The molecular formula is C20H28BrNO. The minimum absolute atomic E-state index is 0.109. The molecule has 126 valence electrons. The van der Waals surface area contributed by atoms with Gasteiger partial charge in [-0.3, -0.25) is 4.79 Å². The summed E-state index contributed by atoms with van der Waals surface area (Å²) in [6.45, 7) is 4.43. The lowest BCUT2D eigenvalue weighted by atomic mass is 9.94. The molecule has 0 aliphatic carbocycles. The van der Waals surface area contributed by atoms with Crippen LogP contribution in [-0.2, 0) is 12.8 Å². The first-order chi connectivity index (χ1) is 11.2. The Morgan fingerprint density at radius 1 is 0.913 bits per heavy atom. The highest BCUT2D eigenvalue weighted by molar-refractivity contribution is 9.10. The van der Waals surface area contributed by atoms with Crippen LogP contribution in [0.15, 0.2) is 27.5 Å². The van der Waals surface area contributed by atoms with Crippen LogP contribution in [0.3, 0.4) is 0 Å². The SMILES string of the molecule is CCCCCCc1c(CCCCC)c(=O)[nH]c2cc(Br)ccc12. The van der Waals surface area contributed by atoms with Gasteiger partial charge in [-0.25, -0.2) is 0 Å². The highest BCUT2D eigenvalue weighted by Crippen LogP contribution is 2.25. The number of aromatic amines is 1. The fourth-order valence-electron chi connectivity index (χ4n) is 3.21. The van der Waals surface area contributed by atoms with Gasteiger partial charge >= 0.3 is 0 Å². The summed E-state index contributed by atoms with van der Waals surface area (Å²) in [6, 6.07) is 6.24. The van der Waals surface area contributed by atoms with Gasteiger partial charge in [0.25, 0.3) is 5.56 Å². The Bertz CT molecular complexity index is 690. The van der Waals surface area contributed by atoms with Crippen molar-refractivity contribution < 1.29 is 0 Å². The number of pyridine rings is 1. The second-order valence-corrected chi connectivity index (χ2v) is 7.28. The quantitative estimate of drug-likeness (QED) is 0.522. The number of hydrogen-bond acceptors (Lipinski definition) is 1. The van der Waals surface area contributed by atoms with E-state index in [0.717, 1.165) is 34.8 Å². The van der Waals surface area contributed by atoms with Crippen LogP contribution in [0.4, 0.5) is 0 Å². The van der Waals surface area contributed by atoms with Crippen molar-refractivity contribution in [3.63, 3.8) is 0 Å². The fraction of sp³-hybridized carbons (Fsp3) is 0.550. The summed E-state index contributed by atoms with van der Waals surface area (Å²) in [5.41, 5.74) is 3.36. The number of rotatable bonds is 9. The van der Waals surface area contributed by atoms with Crippen LogP contribution < -0.4 is 5.56 Å². The molecule has 0 atom stereocenters. The summed E-state index contributed by atoms with van der Waals surface area (Å²) in [6.07, 6.45) is 10.3. The molecule has 3 heteroatoms. The van der Waals surface area contributed by atoms with Gasteiger partial charge in [0.2, 0.25) is 0 Å². The van der Waals surface area contributed by atoms with E-state index >= 15 is 0 Å². The number of aromatic nitrogens is 1. The van der Waals surface area contributed by atoms with Crippen LogP contribution in [-0.4, -0.2) is 4.98 Å². The van der Waals surface area contributed by atoms with Crippen LogP contribution >= 0.6 is 15.9 Å². The van der Waals surface area contributed by atoms with E-state index in [0.29, 0.717) is 0 Å². The third-order valence-electron chi connectivity index (χ3n) is 4.50. The second-order valence-electron chi connectivity index (χ2n) is 6.37. The number of halogens is 1. The number of hydrogen-bond donors (Lipinski definition) is 1. The Balaban J connectivity index is 2.37. The van der Waals surface area contributed by atoms with E-state index < -0.39 is 0 Å². The molecule has 0 spiro atoms. The topological polar surface area (TPSA) is 32.9 Å². The molecule has 1 N–H and O–H groups in total. The molecule has 2 nitrogen and oxygen atoms in total. The average molecular weight is 378 g/mol. The largest absolute Gasteiger partial charge is 0.322 e. The zero-order valence-electron chi connectivity index (χ0n) is 14.4. The molecule has 0 aliphatic heterocycles. The van der Waals surface area contributed by atoms with Crippen molar-refractivity contribution in [3.05, 3.63) is 44.2 Å². The van der Waals surface area contributed by atoms with E-state index in [4.69, 9.17) is 0 Å². The van der Waals surface area contributed by atoms with Crippen LogP contribution in [0.5, 0.6) is 0 Å². The zero-order valence-corrected chi connectivity index (χ0v) is 16.0. The third kappa shape index (κ3) is 4.94. The number of unbranched alkanes of at least 4 members (excludes halogenated alkanes) is 5. The third-order valence-corrected chi connectivity index (χ3v) is 5.00. The van der Waals surface area contributed by atoms with Gasteiger partial charge < -0.3 is 4.98 Å². The first-order valence-electron chi connectivity index (χ1n) is 9.00. The van der Waals surface area contributed by atoms with Gasteiger partial charge in [-0.05, 0) is 43.4 Å². The van der Waals surface area contributed by atoms with E-state index in [1.807, 2.05) is 6.07 Å². The highest BCUT2D eigenvalue weighted by atomic mass is 79.9. The van der Waals surface area contributed by atoms with Crippen molar-refractivity contribution in [1.29, 1.82) is 0 Å². The molecule has 0 unspecified atom stereocenters. The van der Waals surface area contributed by atoms with E-state index in [-0.39, 0.29) is 5.56 Å². The van der Waals surface area contributed by atoms with E-state index in [1.165, 1.54) is 49.5 Å². The number of benzene rings is 1. The maximum atomic E-state index is 12.6. The second kappa shape index (κ2) is 9.27. The number of nitrogens with one attached hydrogen (secondary N) is 1. The Hall–Kier alpha value is -1.09. The van der Waals surface area contributed by atoms with Gasteiger partial charge in [-0.2, -0.15) is 0 Å². The summed E-state index contributed by atoms with van der Waals surface area (Å²) in [5.74, 6) is 0. The lowest BCUT2D eigenvalue weighted by molar-refractivity contribution is 0.660. The van der Waals surface area contributed by atoms with Gasteiger partial charge in [-0.1, -0.05) is 67.9 Å². The standard InChI is InChI=1S/C20H28BrNO/c1-3-5-7-9-10-16-17-13-12-15(21)14-19(17)22-20(23)18(16)11-8-6-4-2/h12-14H,3-11H2,1-2H3,(H,22,23). The van der Waals surface area contributed by atoms with Gasteiger partial charge in [0.05, 0.1) is 0 Å². The van der Waals surface area contributed by atoms with Crippen LogP contribution in [0.1, 0.15) is 69.9 Å². The number of aryl methyl sites for hydroxylation is 1. The van der Waals surface area contributed by atoms with Crippen molar-refractivity contribution in [2.24, 2.45) is 0 Å². The minimum Gasteiger partial charge on any atom is -0.322 e. The summed E-state index contributed by atoms with van der Waals surface area (Å²) < 4.78 is 1.01. The maximum Gasteiger partial charge on any atom is 0.251 e. The monoisotopic (exact) mass is 377 g/mol. The Labute approximate surface area is 147 Å². The molecule has 0 saturated heterocycles. The van der Waals surface area contributed by atoms with Crippen molar-refractivity contribution in [1.82, 2.24) is 4.98 Å². The molecular weight excluding hydrogens is 350 g/mol. The maximum absolute atomic E-state index is 12.6. The Kier molecular flexibility index (Phi) is 7.35. The molecule has 0 amide bonds. The smallest absolute Gasteiger partial charge is 0.251 e. The van der Waals surface area contributed by atoms with E-state index in [9.17, 15) is 4.79 Å². The normalized spacial score (nSPS) is 11.3. The Morgan fingerprint density at radius 3 is 2.30 bits per heavy atom. The fourth-order valence-corrected chi connectivity index (χ4v) is 3.57. The molecule has 0 bridgehead atoms. The molecule has 1 aromatic carbocycles. The zero-order chi connectivity index (χ0) is 16.7. The minimum atomic E-state index is 0.109. The first-order valence-corrected chi connectivity index (χ1v) is 9.80. The lowest BCUT2D eigenvalue weighted by Crippen LogP contribution is -2.16. The number of H-pyrrole nitrogens is 1. The summed E-state index contributed by atoms with van der Waals surface area (Å²) in [5, 5.41) is 1.22. The first kappa shape index (κ1) is 18.3. The molecule has 0 fully saturated rings. The van der Waals surface area contributed by atoms with Crippen LogP contribution in [0.2, 0.25) is 0 Å². The van der Waals surface area contributed by atoms with Crippen LogP contribution in [0.25, 0.3) is 10.9 Å². The molecule has 2 rings (SSSR count). The molecule has 1 heterocycles. The van der Waals surface area contributed by atoms with Crippen molar-refractivity contribution in [3.8, 4) is 0 Å². The van der Waals surface area contributed by atoms with E-state index in [1.54, 1.807) is 0 Å². The highest BCUT2D eigenvalue weighted by Gasteiger charge is 2.12. The molecule has 2 aromatic rings. The summed E-state index contributed by atoms with van der Waals surface area (Å²) in [7, 11) is 0. The predicted octanol–water partition coefficient (Wildman–Crippen LogP) is 6.15.